The number of hydrogen-bond acceptors (Lipinski definition) is 4. The second-order valence-electron chi connectivity index (χ2n) is 4.31. The number of aryl methyl sites for hydroxylation is 1. The molecule has 0 amide bonds. The van der Waals surface area contributed by atoms with Crippen molar-refractivity contribution in [2.24, 2.45) is 0 Å². The molecule has 0 radical (unpaired) electrons. The zero-order valence-electron chi connectivity index (χ0n) is 9.64. The maximum Gasteiger partial charge on any atom is 0.204 e. The van der Waals surface area contributed by atoms with E-state index in [4.69, 9.17) is 0 Å². The van der Waals surface area contributed by atoms with Crippen LogP contribution in [0.15, 0.2) is 34.5 Å². The standard InChI is InChI=1S/C13H10O3S2/c1-8-3-2-4-10-11(8)12(14)13-9(5-6-17-13)7-18(10,15)16/h2-6H,7H2,1H3. The second-order valence-corrected chi connectivity index (χ2v) is 7.19. The van der Waals surface area contributed by atoms with Gasteiger partial charge in [0.2, 0.25) is 5.78 Å². The van der Waals surface area contributed by atoms with Crippen LogP contribution >= 0.6 is 11.3 Å². The van der Waals surface area contributed by atoms with Gasteiger partial charge < -0.3 is 0 Å². The van der Waals surface area contributed by atoms with Crippen molar-refractivity contribution in [1.82, 2.24) is 0 Å². The molecule has 5 heteroatoms. The minimum atomic E-state index is -3.43. The Morgan fingerprint density at radius 3 is 2.78 bits per heavy atom. The van der Waals surface area contributed by atoms with Gasteiger partial charge >= 0.3 is 0 Å². The molecule has 0 fully saturated rings. The van der Waals surface area contributed by atoms with Gasteiger partial charge in [0.15, 0.2) is 9.84 Å². The topological polar surface area (TPSA) is 51.2 Å². The van der Waals surface area contributed by atoms with Crippen LogP contribution in [0.25, 0.3) is 0 Å². The van der Waals surface area contributed by atoms with Crippen molar-refractivity contribution in [2.75, 3.05) is 0 Å². The van der Waals surface area contributed by atoms with Gasteiger partial charge in [0.25, 0.3) is 0 Å². The largest absolute Gasteiger partial charge is 0.288 e. The molecule has 2 heterocycles. The summed E-state index contributed by atoms with van der Waals surface area (Å²) in [7, 11) is -3.43. The molecule has 0 spiro atoms. The Kier molecular flexibility index (Phi) is 2.43. The van der Waals surface area contributed by atoms with Crippen molar-refractivity contribution >= 4 is 27.0 Å². The maximum absolute atomic E-state index is 12.4. The van der Waals surface area contributed by atoms with Crippen LogP contribution in [0.4, 0.5) is 0 Å². The molecule has 18 heavy (non-hydrogen) atoms. The SMILES string of the molecule is Cc1cccc2c1C(=O)c1sccc1CS2(=O)=O. The predicted octanol–water partition coefficient (Wildman–Crippen LogP) is 2.57. The summed E-state index contributed by atoms with van der Waals surface area (Å²) in [5.41, 5.74) is 1.65. The molecular weight excluding hydrogens is 268 g/mol. The summed E-state index contributed by atoms with van der Waals surface area (Å²) in [6.45, 7) is 1.77. The van der Waals surface area contributed by atoms with E-state index in [9.17, 15) is 13.2 Å². The van der Waals surface area contributed by atoms with Crippen LogP contribution in [-0.2, 0) is 15.6 Å². The van der Waals surface area contributed by atoms with E-state index in [0.717, 1.165) is 0 Å². The average molecular weight is 278 g/mol. The first-order valence-electron chi connectivity index (χ1n) is 5.44. The highest BCUT2D eigenvalue weighted by Gasteiger charge is 2.31. The lowest BCUT2D eigenvalue weighted by molar-refractivity contribution is 0.103. The van der Waals surface area contributed by atoms with Gasteiger partial charge in [-0.15, -0.1) is 11.3 Å². The molecule has 92 valence electrons. The normalized spacial score (nSPS) is 16.8. The van der Waals surface area contributed by atoms with Crippen LogP contribution < -0.4 is 0 Å². The summed E-state index contributed by atoms with van der Waals surface area (Å²) in [6, 6.07) is 6.69. The molecule has 0 atom stereocenters. The Labute approximate surface area is 109 Å². The molecule has 1 aromatic heterocycles. The fraction of sp³-hybridized carbons (Fsp3) is 0.154. The van der Waals surface area contributed by atoms with Gasteiger partial charge in [0.05, 0.1) is 15.5 Å². The molecule has 3 rings (SSSR count). The third kappa shape index (κ3) is 1.54. The minimum absolute atomic E-state index is 0.0893. The number of rotatable bonds is 0. The number of fused-ring (bicyclic) bond motifs is 2. The molecule has 1 aromatic carbocycles. The zero-order valence-corrected chi connectivity index (χ0v) is 11.3. The van der Waals surface area contributed by atoms with E-state index in [1.807, 2.05) is 0 Å². The summed E-state index contributed by atoms with van der Waals surface area (Å²) < 4.78 is 24.6. The molecule has 0 aliphatic carbocycles. The van der Waals surface area contributed by atoms with E-state index in [2.05, 4.69) is 0 Å². The first kappa shape index (κ1) is 11.6. The van der Waals surface area contributed by atoms with Crippen LogP contribution in [0, 0.1) is 6.92 Å². The van der Waals surface area contributed by atoms with E-state index in [1.165, 1.54) is 17.4 Å². The zero-order chi connectivity index (χ0) is 12.9. The highest BCUT2D eigenvalue weighted by Crippen LogP contribution is 2.33. The van der Waals surface area contributed by atoms with Crippen LogP contribution in [0.1, 0.15) is 26.4 Å². The van der Waals surface area contributed by atoms with Crippen molar-refractivity contribution in [3.05, 3.63) is 51.2 Å². The Balaban J connectivity index is 2.44. The molecule has 0 unspecified atom stereocenters. The van der Waals surface area contributed by atoms with Crippen molar-refractivity contribution in [2.45, 2.75) is 17.6 Å². The third-order valence-corrected chi connectivity index (χ3v) is 5.75. The van der Waals surface area contributed by atoms with Crippen molar-refractivity contribution in [3.8, 4) is 0 Å². The van der Waals surface area contributed by atoms with E-state index in [0.29, 0.717) is 21.6 Å². The Morgan fingerprint density at radius 1 is 1.22 bits per heavy atom. The molecular formula is C13H10O3S2. The Bertz CT molecular complexity index is 754. The van der Waals surface area contributed by atoms with Crippen LogP contribution in [0.3, 0.4) is 0 Å². The summed E-state index contributed by atoms with van der Waals surface area (Å²) in [6.07, 6.45) is 0. The molecule has 1 aliphatic heterocycles. The average Bonchev–Trinajstić information content (AvgIpc) is 2.72. The number of benzene rings is 1. The Hall–Kier alpha value is -1.46. The van der Waals surface area contributed by atoms with Gasteiger partial charge in [-0.05, 0) is 35.6 Å². The highest BCUT2D eigenvalue weighted by atomic mass is 32.2. The second kappa shape index (κ2) is 3.76. The van der Waals surface area contributed by atoms with E-state index in [1.54, 1.807) is 30.5 Å². The predicted molar refractivity (Wildman–Crippen MR) is 69.8 cm³/mol. The number of sulfone groups is 1. The number of carbonyl (C=O) groups excluding carboxylic acids is 1. The number of ketones is 1. The van der Waals surface area contributed by atoms with E-state index in [-0.39, 0.29) is 16.4 Å². The molecule has 0 saturated heterocycles. The number of thiophene rings is 1. The lowest BCUT2D eigenvalue weighted by Gasteiger charge is -2.07. The van der Waals surface area contributed by atoms with Gasteiger partial charge in [0, 0.05) is 5.56 Å². The molecule has 0 N–H and O–H groups in total. The monoisotopic (exact) mass is 278 g/mol. The first-order valence-corrected chi connectivity index (χ1v) is 7.97. The third-order valence-electron chi connectivity index (χ3n) is 3.10. The Morgan fingerprint density at radius 2 is 2.00 bits per heavy atom. The summed E-state index contributed by atoms with van der Waals surface area (Å²) in [4.78, 5) is 13.2. The maximum atomic E-state index is 12.4. The van der Waals surface area contributed by atoms with E-state index >= 15 is 0 Å². The van der Waals surface area contributed by atoms with Crippen LogP contribution in [-0.4, -0.2) is 14.2 Å². The van der Waals surface area contributed by atoms with Crippen LogP contribution in [0.2, 0.25) is 0 Å². The lowest BCUT2D eigenvalue weighted by atomic mass is 10.0. The molecule has 2 aromatic rings. The molecule has 1 aliphatic rings. The number of carbonyl (C=O) groups is 1. The fourth-order valence-electron chi connectivity index (χ4n) is 2.24. The highest BCUT2D eigenvalue weighted by molar-refractivity contribution is 7.90. The minimum Gasteiger partial charge on any atom is -0.288 e. The van der Waals surface area contributed by atoms with Gasteiger partial charge in [0.1, 0.15) is 0 Å². The lowest BCUT2D eigenvalue weighted by Crippen LogP contribution is -2.08. The van der Waals surface area contributed by atoms with Crippen molar-refractivity contribution < 1.29 is 13.2 Å². The van der Waals surface area contributed by atoms with Gasteiger partial charge in [-0.3, -0.25) is 4.79 Å². The molecule has 0 saturated carbocycles. The first-order chi connectivity index (χ1) is 8.50. The van der Waals surface area contributed by atoms with Crippen LogP contribution in [0.5, 0.6) is 0 Å². The van der Waals surface area contributed by atoms with Crippen molar-refractivity contribution in [1.29, 1.82) is 0 Å². The van der Waals surface area contributed by atoms with Gasteiger partial charge in [-0.2, -0.15) is 0 Å². The molecule has 3 nitrogen and oxygen atoms in total. The van der Waals surface area contributed by atoms with Gasteiger partial charge in [-0.25, -0.2) is 8.42 Å². The summed E-state index contributed by atoms with van der Waals surface area (Å²) in [5, 5.41) is 1.77. The van der Waals surface area contributed by atoms with Crippen molar-refractivity contribution in [3.63, 3.8) is 0 Å². The quantitative estimate of drug-likeness (QED) is 0.744. The smallest absolute Gasteiger partial charge is 0.204 e. The molecule has 0 bridgehead atoms. The summed E-state index contributed by atoms with van der Waals surface area (Å²) >= 11 is 1.31. The fourth-order valence-corrected chi connectivity index (χ4v) is 4.85. The van der Waals surface area contributed by atoms with Gasteiger partial charge in [-0.1, -0.05) is 12.1 Å². The van der Waals surface area contributed by atoms with E-state index < -0.39 is 9.84 Å². The summed E-state index contributed by atoms with van der Waals surface area (Å²) in [5.74, 6) is -0.261. The number of hydrogen-bond donors (Lipinski definition) is 0.